The van der Waals surface area contributed by atoms with Crippen molar-refractivity contribution in [3.8, 4) is 11.5 Å². The van der Waals surface area contributed by atoms with Crippen molar-refractivity contribution in [1.29, 1.82) is 0 Å². The maximum atomic E-state index is 10.6. The zero-order valence-electron chi connectivity index (χ0n) is 11.3. The molecule has 1 aliphatic rings. The molecule has 1 saturated carbocycles. The van der Waals surface area contributed by atoms with Crippen molar-refractivity contribution in [2.24, 2.45) is 5.73 Å². The van der Waals surface area contributed by atoms with Gasteiger partial charge in [-0.1, -0.05) is 0 Å². The summed E-state index contributed by atoms with van der Waals surface area (Å²) in [6, 6.07) is 3.34. The largest absolute Gasteiger partial charge is 0.493 e. The van der Waals surface area contributed by atoms with Crippen LogP contribution in [-0.2, 0) is 4.79 Å². The molecule has 6 heteroatoms. The summed E-state index contributed by atoms with van der Waals surface area (Å²) in [5.41, 5.74) is 6.85. The highest BCUT2D eigenvalue weighted by Gasteiger charge is 2.26. The molecule has 3 N–H and O–H groups in total. The lowest BCUT2D eigenvalue weighted by Gasteiger charge is -2.17. The van der Waals surface area contributed by atoms with Gasteiger partial charge in [-0.25, -0.2) is 0 Å². The van der Waals surface area contributed by atoms with Gasteiger partial charge in [0.15, 0.2) is 11.5 Å². The van der Waals surface area contributed by atoms with Gasteiger partial charge >= 0.3 is 5.97 Å². The fourth-order valence-corrected chi connectivity index (χ4v) is 2.42. The molecule has 1 aromatic carbocycles. The predicted molar refractivity (Wildman–Crippen MR) is 78.1 cm³/mol. The summed E-state index contributed by atoms with van der Waals surface area (Å²) in [7, 11) is 1.58. The minimum absolute atomic E-state index is 0.0431. The smallest absolute Gasteiger partial charge is 0.303 e. The first kappa shape index (κ1) is 15.1. The van der Waals surface area contributed by atoms with E-state index in [9.17, 15) is 4.79 Å². The van der Waals surface area contributed by atoms with Crippen molar-refractivity contribution in [1.82, 2.24) is 0 Å². The van der Waals surface area contributed by atoms with Gasteiger partial charge in [-0.05, 0) is 52.9 Å². The third-order valence-corrected chi connectivity index (χ3v) is 3.75. The Balaban J connectivity index is 2.17. The number of ether oxygens (including phenoxy) is 2. The highest BCUT2D eigenvalue weighted by Crippen LogP contribution is 2.41. The SMILES string of the molecule is COc1cc(C(N)CCC(=O)O)cc(Br)c1OC1CC1. The number of methoxy groups -OCH3 is 1. The number of carboxylic acids is 1. The molecule has 0 aromatic heterocycles. The number of hydrogen-bond donors (Lipinski definition) is 2. The lowest BCUT2D eigenvalue weighted by Crippen LogP contribution is -2.13. The van der Waals surface area contributed by atoms with Gasteiger partial charge < -0.3 is 20.3 Å². The van der Waals surface area contributed by atoms with E-state index in [1.165, 1.54) is 0 Å². The van der Waals surface area contributed by atoms with E-state index in [4.69, 9.17) is 20.3 Å². The number of aliphatic carboxylic acids is 1. The Bertz CT molecular complexity index is 502. The zero-order chi connectivity index (χ0) is 14.7. The van der Waals surface area contributed by atoms with Gasteiger partial charge in [0.25, 0.3) is 0 Å². The second-order valence-corrected chi connectivity index (χ2v) is 5.74. The minimum atomic E-state index is -0.847. The fraction of sp³-hybridized carbons (Fsp3) is 0.500. The van der Waals surface area contributed by atoms with Crippen LogP contribution in [0.25, 0.3) is 0 Å². The molecule has 0 radical (unpaired) electrons. The van der Waals surface area contributed by atoms with Gasteiger partial charge in [0.2, 0.25) is 0 Å². The van der Waals surface area contributed by atoms with Crippen molar-refractivity contribution >= 4 is 21.9 Å². The number of carbonyl (C=O) groups is 1. The van der Waals surface area contributed by atoms with Crippen molar-refractivity contribution in [2.45, 2.75) is 37.8 Å². The first-order valence-corrected chi connectivity index (χ1v) is 7.32. The Morgan fingerprint density at radius 2 is 2.25 bits per heavy atom. The first-order valence-electron chi connectivity index (χ1n) is 6.52. The lowest BCUT2D eigenvalue weighted by molar-refractivity contribution is -0.137. The summed E-state index contributed by atoms with van der Waals surface area (Å²) in [5, 5.41) is 8.71. The quantitative estimate of drug-likeness (QED) is 0.795. The summed E-state index contributed by atoms with van der Waals surface area (Å²) in [6.45, 7) is 0. The fourth-order valence-electron chi connectivity index (χ4n) is 1.87. The highest BCUT2D eigenvalue weighted by atomic mass is 79.9. The van der Waals surface area contributed by atoms with E-state index in [0.717, 1.165) is 22.9 Å². The first-order chi connectivity index (χ1) is 9.51. The molecule has 0 saturated heterocycles. The minimum Gasteiger partial charge on any atom is -0.493 e. The Labute approximate surface area is 126 Å². The van der Waals surface area contributed by atoms with Crippen molar-refractivity contribution in [3.05, 3.63) is 22.2 Å². The number of benzene rings is 1. The molecule has 5 nitrogen and oxygen atoms in total. The monoisotopic (exact) mass is 343 g/mol. The molecule has 20 heavy (non-hydrogen) atoms. The molecule has 2 rings (SSSR count). The van der Waals surface area contributed by atoms with E-state index in [0.29, 0.717) is 17.9 Å². The van der Waals surface area contributed by atoms with Gasteiger partial charge in [-0.2, -0.15) is 0 Å². The lowest BCUT2D eigenvalue weighted by atomic mass is 10.0. The molecule has 0 aliphatic heterocycles. The van der Waals surface area contributed by atoms with E-state index in [-0.39, 0.29) is 18.6 Å². The average molecular weight is 344 g/mol. The van der Waals surface area contributed by atoms with Crippen LogP contribution in [0.4, 0.5) is 0 Å². The molecule has 0 bridgehead atoms. The molecule has 1 aliphatic carbocycles. The molecular formula is C14H18BrNO4. The summed E-state index contributed by atoms with van der Waals surface area (Å²) in [6.07, 6.45) is 2.83. The van der Waals surface area contributed by atoms with E-state index >= 15 is 0 Å². The van der Waals surface area contributed by atoms with Crippen molar-refractivity contribution in [3.63, 3.8) is 0 Å². The molecule has 0 amide bonds. The average Bonchev–Trinajstić information content (AvgIpc) is 3.21. The predicted octanol–water partition coefficient (Wildman–Crippen LogP) is 2.86. The number of carboxylic acid groups (broad SMARTS) is 1. The van der Waals surface area contributed by atoms with Crippen LogP contribution in [0, 0.1) is 0 Å². The Morgan fingerprint density at radius 3 is 2.80 bits per heavy atom. The van der Waals surface area contributed by atoms with E-state index in [2.05, 4.69) is 15.9 Å². The van der Waals surface area contributed by atoms with Crippen molar-refractivity contribution < 1.29 is 19.4 Å². The number of halogens is 1. The third-order valence-electron chi connectivity index (χ3n) is 3.16. The maximum absolute atomic E-state index is 10.6. The van der Waals surface area contributed by atoms with Crippen LogP contribution < -0.4 is 15.2 Å². The topological polar surface area (TPSA) is 81.8 Å². The molecule has 0 heterocycles. The molecule has 1 fully saturated rings. The molecule has 1 atom stereocenters. The molecule has 110 valence electrons. The van der Waals surface area contributed by atoms with Crippen LogP contribution in [0.5, 0.6) is 11.5 Å². The summed E-state index contributed by atoms with van der Waals surface area (Å²) in [5.74, 6) is 0.455. The third kappa shape index (κ3) is 3.86. The molecule has 1 aromatic rings. The Kier molecular flexibility index (Phi) is 4.88. The summed E-state index contributed by atoms with van der Waals surface area (Å²) >= 11 is 3.47. The van der Waals surface area contributed by atoms with E-state index in [1.54, 1.807) is 7.11 Å². The zero-order valence-corrected chi connectivity index (χ0v) is 12.9. The van der Waals surface area contributed by atoms with Gasteiger partial charge in [-0.15, -0.1) is 0 Å². The van der Waals surface area contributed by atoms with Crippen LogP contribution in [0.15, 0.2) is 16.6 Å². The number of nitrogens with two attached hydrogens (primary N) is 1. The van der Waals surface area contributed by atoms with Crippen LogP contribution in [-0.4, -0.2) is 24.3 Å². The summed E-state index contributed by atoms with van der Waals surface area (Å²) < 4.78 is 11.9. The Morgan fingerprint density at radius 1 is 1.55 bits per heavy atom. The second-order valence-electron chi connectivity index (χ2n) is 4.89. The standard InChI is InChI=1S/C14H18BrNO4/c1-19-12-7-8(11(16)4-5-13(17)18)6-10(15)14(12)20-9-2-3-9/h6-7,9,11H,2-5,16H2,1H3,(H,17,18). The van der Waals surface area contributed by atoms with Gasteiger partial charge in [0.05, 0.1) is 17.7 Å². The number of hydrogen-bond acceptors (Lipinski definition) is 4. The van der Waals surface area contributed by atoms with Crippen LogP contribution in [0.3, 0.4) is 0 Å². The van der Waals surface area contributed by atoms with E-state index in [1.807, 2.05) is 12.1 Å². The van der Waals surface area contributed by atoms with Crippen LogP contribution in [0.1, 0.15) is 37.3 Å². The maximum Gasteiger partial charge on any atom is 0.303 e. The van der Waals surface area contributed by atoms with Gasteiger partial charge in [0, 0.05) is 12.5 Å². The Hall–Kier alpha value is -1.27. The van der Waals surface area contributed by atoms with Crippen LogP contribution in [0.2, 0.25) is 0 Å². The van der Waals surface area contributed by atoms with E-state index < -0.39 is 5.97 Å². The molecule has 1 unspecified atom stereocenters. The summed E-state index contributed by atoms with van der Waals surface area (Å²) in [4.78, 5) is 10.6. The van der Waals surface area contributed by atoms with Crippen molar-refractivity contribution in [2.75, 3.05) is 7.11 Å². The number of rotatable bonds is 7. The van der Waals surface area contributed by atoms with Gasteiger partial charge in [-0.3, -0.25) is 4.79 Å². The normalized spacial score (nSPS) is 15.8. The highest BCUT2D eigenvalue weighted by molar-refractivity contribution is 9.10. The van der Waals surface area contributed by atoms with Gasteiger partial charge in [0.1, 0.15) is 0 Å². The van der Waals surface area contributed by atoms with Crippen LogP contribution >= 0.6 is 15.9 Å². The second kappa shape index (κ2) is 6.45. The molecule has 0 spiro atoms. The molecular weight excluding hydrogens is 326 g/mol.